The van der Waals surface area contributed by atoms with Crippen LogP contribution in [0.25, 0.3) is 0 Å². The number of halogens is 2. The molecule has 0 aromatic heterocycles. The van der Waals surface area contributed by atoms with Crippen LogP contribution in [0.4, 0.5) is 5.69 Å². The van der Waals surface area contributed by atoms with Gasteiger partial charge in [0, 0.05) is 5.69 Å². The summed E-state index contributed by atoms with van der Waals surface area (Å²) in [5, 5.41) is 3.40. The Hall–Kier alpha value is -2.33. The molecule has 0 unspecified atom stereocenters. The number of hydrogen-bond acceptors (Lipinski definition) is 4. The third-order valence-electron chi connectivity index (χ3n) is 3.47. The highest BCUT2D eigenvalue weighted by Crippen LogP contribution is 2.50. The number of para-hydroxylation sites is 2. The Labute approximate surface area is 167 Å². The van der Waals surface area contributed by atoms with Crippen LogP contribution in [0.5, 0.6) is 17.2 Å². The van der Waals surface area contributed by atoms with Gasteiger partial charge in [-0.3, -0.25) is 5.09 Å². The molecule has 0 heterocycles. The van der Waals surface area contributed by atoms with Gasteiger partial charge in [-0.1, -0.05) is 47.5 Å². The van der Waals surface area contributed by atoms with E-state index in [0.29, 0.717) is 21.5 Å². The molecule has 0 saturated carbocycles. The Kier molecular flexibility index (Phi) is 6.17. The third-order valence-corrected chi connectivity index (χ3v) is 5.50. The highest BCUT2D eigenvalue weighted by atomic mass is 35.5. The van der Waals surface area contributed by atoms with Crippen molar-refractivity contribution in [3.8, 4) is 17.2 Å². The van der Waals surface area contributed by atoms with Gasteiger partial charge in [0.15, 0.2) is 11.5 Å². The van der Waals surface area contributed by atoms with Crippen molar-refractivity contribution in [1.82, 2.24) is 0 Å². The molecule has 0 saturated heterocycles. The fourth-order valence-corrected chi connectivity index (χ4v) is 4.07. The predicted molar refractivity (Wildman–Crippen MR) is 108 cm³/mol. The van der Waals surface area contributed by atoms with E-state index in [4.69, 9.17) is 37.0 Å². The average molecular weight is 424 g/mol. The molecule has 0 aliphatic carbocycles. The lowest BCUT2D eigenvalue weighted by Crippen LogP contribution is -2.10. The monoisotopic (exact) mass is 423 g/mol. The molecule has 8 heteroatoms. The Balaban J connectivity index is 1.93. The molecule has 0 atom stereocenters. The number of nitrogens with one attached hydrogen (secondary N) is 1. The Morgan fingerprint density at radius 3 is 1.70 bits per heavy atom. The minimum Gasteiger partial charge on any atom is -0.497 e. The number of methoxy groups -OCH3 is 1. The molecule has 27 heavy (non-hydrogen) atoms. The van der Waals surface area contributed by atoms with E-state index in [9.17, 15) is 4.57 Å². The van der Waals surface area contributed by atoms with Crippen LogP contribution in [0.2, 0.25) is 10.0 Å². The lowest BCUT2D eigenvalue weighted by atomic mass is 10.3. The SMILES string of the molecule is COc1ccc(NP(=O)(Oc2ccccc2Cl)Oc2ccccc2Cl)cc1. The van der Waals surface area contributed by atoms with Gasteiger partial charge in [0.1, 0.15) is 5.75 Å². The van der Waals surface area contributed by atoms with Crippen molar-refractivity contribution >= 4 is 36.6 Å². The van der Waals surface area contributed by atoms with Gasteiger partial charge in [-0.25, -0.2) is 4.57 Å². The lowest BCUT2D eigenvalue weighted by molar-refractivity contribution is 0.393. The molecule has 1 N–H and O–H groups in total. The molecule has 0 bridgehead atoms. The van der Waals surface area contributed by atoms with Crippen LogP contribution in [-0.4, -0.2) is 7.11 Å². The zero-order valence-electron chi connectivity index (χ0n) is 14.3. The van der Waals surface area contributed by atoms with Gasteiger partial charge < -0.3 is 13.8 Å². The summed E-state index contributed by atoms with van der Waals surface area (Å²) in [6.07, 6.45) is 0. The van der Waals surface area contributed by atoms with Crippen molar-refractivity contribution in [2.45, 2.75) is 0 Å². The molecule has 0 fully saturated rings. The first-order chi connectivity index (χ1) is 13.0. The largest absolute Gasteiger partial charge is 0.541 e. The van der Waals surface area contributed by atoms with E-state index in [2.05, 4.69) is 5.09 Å². The molecular weight excluding hydrogens is 408 g/mol. The number of benzene rings is 3. The van der Waals surface area contributed by atoms with E-state index >= 15 is 0 Å². The standard InChI is InChI=1S/C19H16Cl2NO4P/c1-24-15-12-10-14(11-13-15)22-27(23,25-18-8-4-2-6-16(18)20)26-19-9-5-3-7-17(19)21/h2-13H,1H3,(H,22,23). The van der Waals surface area contributed by atoms with Crippen molar-refractivity contribution in [1.29, 1.82) is 0 Å². The summed E-state index contributed by atoms with van der Waals surface area (Å²) in [6, 6.07) is 20.2. The maximum absolute atomic E-state index is 13.5. The first-order valence-electron chi connectivity index (χ1n) is 7.90. The van der Waals surface area contributed by atoms with Crippen LogP contribution in [0, 0.1) is 0 Å². The quantitative estimate of drug-likeness (QED) is 0.429. The molecular formula is C19H16Cl2NO4P. The molecule has 0 radical (unpaired) electrons. The van der Waals surface area contributed by atoms with Crippen LogP contribution < -0.4 is 18.9 Å². The zero-order valence-corrected chi connectivity index (χ0v) is 16.7. The molecule has 0 amide bonds. The summed E-state index contributed by atoms with van der Waals surface area (Å²) >= 11 is 12.3. The van der Waals surface area contributed by atoms with Crippen LogP contribution >= 0.6 is 30.9 Å². The van der Waals surface area contributed by atoms with Gasteiger partial charge in [-0.15, -0.1) is 0 Å². The van der Waals surface area contributed by atoms with Gasteiger partial charge >= 0.3 is 7.75 Å². The summed E-state index contributed by atoms with van der Waals surface area (Å²) < 4.78 is 29.9. The normalized spacial score (nSPS) is 10.9. The van der Waals surface area contributed by atoms with Crippen LogP contribution in [0.1, 0.15) is 0 Å². The van der Waals surface area contributed by atoms with Gasteiger partial charge in [0.2, 0.25) is 0 Å². The maximum Gasteiger partial charge on any atom is 0.541 e. The number of rotatable bonds is 7. The predicted octanol–water partition coefficient (Wildman–Crippen LogP) is 6.68. The maximum atomic E-state index is 13.5. The third kappa shape index (κ3) is 5.10. The minimum atomic E-state index is -3.92. The van der Waals surface area contributed by atoms with E-state index in [1.54, 1.807) is 79.9 Å². The van der Waals surface area contributed by atoms with Crippen molar-refractivity contribution in [3.63, 3.8) is 0 Å². The minimum absolute atomic E-state index is 0.218. The summed E-state index contributed by atoms with van der Waals surface area (Å²) in [5.41, 5.74) is 0.512. The molecule has 140 valence electrons. The highest BCUT2D eigenvalue weighted by molar-refractivity contribution is 7.56. The second kappa shape index (κ2) is 8.57. The van der Waals surface area contributed by atoms with E-state index in [0.717, 1.165) is 0 Å². The van der Waals surface area contributed by atoms with Crippen molar-refractivity contribution in [2.24, 2.45) is 0 Å². The van der Waals surface area contributed by atoms with E-state index in [1.807, 2.05) is 0 Å². The number of ether oxygens (including phenoxy) is 1. The molecule has 5 nitrogen and oxygen atoms in total. The van der Waals surface area contributed by atoms with Gasteiger partial charge in [0.05, 0.1) is 17.2 Å². The molecule has 3 rings (SSSR count). The van der Waals surface area contributed by atoms with Gasteiger partial charge in [-0.2, -0.15) is 0 Å². The lowest BCUT2D eigenvalue weighted by Gasteiger charge is -2.22. The second-order valence-corrected chi connectivity index (χ2v) is 7.78. The molecule has 0 spiro atoms. The Bertz CT molecular complexity index is 914. The van der Waals surface area contributed by atoms with Gasteiger partial charge in [0.25, 0.3) is 0 Å². The van der Waals surface area contributed by atoms with Crippen LogP contribution in [0.3, 0.4) is 0 Å². The first-order valence-corrected chi connectivity index (χ1v) is 10.2. The van der Waals surface area contributed by atoms with Crippen molar-refractivity contribution in [3.05, 3.63) is 82.8 Å². The average Bonchev–Trinajstić information content (AvgIpc) is 2.66. The first kappa shape index (κ1) is 19.4. The molecule has 3 aromatic rings. The second-order valence-electron chi connectivity index (χ2n) is 5.38. The fourth-order valence-electron chi connectivity index (χ4n) is 2.18. The molecule has 0 aliphatic heterocycles. The van der Waals surface area contributed by atoms with E-state index in [1.165, 1.54) is 0 Å². The van der Waals surface area contributed by atoms with Crippen molar-refractivity contribution < 1.29 is 18.3 Å². The summed E-state index contributed by atoms with van der Waals surface area (Å²) in [7, 11) is -2.36. The fraction of sp³-hybridized carbons (Fsp3) is 0.0526. The Morgan fingerprint density at radius 1 is 0.778 bits per heavy atom. The molecule has 3 aromatic carbocycles. The van der Waals surface area contributed by atoms with E-state index in [-0.39, 0.29) is 11.5 Å². The summed E-state index contributed by atoms with van der Waals surface area (Å²) in [5.74, 6) is 1.10. The summed E-state index contributed by atoms with van der Waals surface area (Å²) in [6.45, 7) is 0. The zero-order chi connectivity index (χ0) is 19.3. The van der Waals surface area contributed by atoms with Gasteiger partial charge in [-0.05, 0) is 48.5 Å². The molecule has 0 aliphatic rings. The number of hydrogen-bond donors (Lipinski definition) is 1. The van der Waals surface area contributed by atoms with Crippen LogP contribution in [0.15, 0.2) is 72.8 Å². The smallest absolute Gasteiger partial charge is 0.497 e. The Morgan fingerprint density at radius 2 is 1.26 bits per heavy atom. The number of anilines is 1. The van der Waals surface area contributed by atoms with Crippen molar-refractivity contribution in [2.75, 3.05) is 12.2 Å². The highest BCUT2D eigenvalue weighted by Gasteiger charge is 2.30. The summed E-state index contributed by atoms with van der Waals surface area (Å²) in [4.78, 5) is 0. The van der Waals surface area contributed by atoms with E-state index < -0.39 is 7.75 Å². The van der Waals surface area contributed by atoms with Crippen LogP contribution in [-0.2, 0) is 4.57 Å². The topological polar surface area (TPSA) is 56.8 Å².